The van der Waals surface area contributed by atoms with Crippen molar-refractivity contribution < 1.29 is 28.6 Å². The average Bonchev–Trinajstić information content (AvgIpc) is 3.28. The summed E-state index contributed by atoms with van der Waals surface area (Å²) in [4.78, 5) is 38.0. The lowest BCUT2D eigenvalue weighted by Gasteiger charge is -2.18. The van der Waals surface area contributed by atoms with Crippen molar-refractivity contribution >= 4 is 17.9 Å². The molecule has 63 heavy (non-hydrogen) atoms. The summed E-state index contributed by atoms with van der Waals surface area (Å²) in [6.45, 7) is 6.56. The Balaban J connectivity index is 4.44. The number of rotatable bonds is 48. The zero-order valence-electron chi connectivity index (χ0n) is 41.6. The Bertz CT molecular complexity index is 1150. The Hall–Kier alpha value is -2.89. The molecule has 0 aromatic rings. The fraction of sp³-hybridized carbons (Fsp3) is 0.772. The summed E-state index contributed by atoms with van der Waals surface area (Å²) in [6.07, 6.45) is 63.4. The lowest BCUT2D eigenvalue weighted by Crippen LogP contribution is -2.30. The van der Waals surface area contributed by atoms with Crippen LogP contribution in [0, 0.1) is 0 Å². The van der Waals surface area contributed by atoms with Crippen molar-refractivity contribution in [2.75, 3.05) is 13.2 Å². The molecule has 0 aliphatic heterocycles. The predicted octanol–water partition coefficient (Wildman–Crippen LogP) is 17.6. The fourth-order valence-corrected chi connectivity index (χ4v) is 7.38. The highest BCUT2D eigenvalue weighted by atomic mass is 16.6. The van der Waals surface area contributed by atoms with Crippen LogP contribution in [0.1, 0.15) is 265 Å². The number of unbranched alkanes of at least 4 members (excludes halogenated alkanes) is 27. The smallest absolute Gasteiger partial charge is 0.306 e. The zero-order valence-corrected chi connectivity index (χ0v) is 41.6. The van der Waals surface area contributed by atoms with Gasteiger partial charge in [0.25, 0.3) is 0 Å². The number of hydrogen-bond acceptors (Lipinski definition) is 6. The summed E-state index contributed by atoms with van der Waals surface area (Å²) in [5.74, 6) is -0.919. The van der Waals surface area contributed by atoms with E-state index >= 15 is 0 Å². The van der Waals surface area contributed by atoms with E-state index in [1.165, 1.54) is 116 Å². The summed E-state index contributed by atoms with van der Waals surface area (Å²) in [7, 11) is 0. The van der Waals surface area contributed by atoms with Gasteiger partial charge in [-0.25, -0.2) is 0 Å². The highest BCUT2D eigenvalue weighted by Gasteiger charge is 2.19. The Kier molecular flexibility index (Phi) is 49.4. The molecule has 0 aliphatic carbocycles. The normalized spacial score (nSPS) is 12.5. The molecule has 1 unspecified atom stereocenters. The second-order valence-corrected chi connectivity index (χ2v) is 17.8. The number of esters is 3. The van der Waals surface area contributed by atoms with Gasteiger partial charge in [-0.2, -0.15) is 0 Å². The van der Waals surface area contributed by atoms with Gasteiger partial charge < -0.3 is 14.2 Å². The molecule has 0 aromatic heterocycles. The first kappa shape index (κ1) is 60.1. The molecule has 0 heterocycles. The van der Waals surface area contributed by atoms with Gasteiger partial charge in [-0.15, -0.1) is 0 Å². The Labute approximate surface area is 390 Å². The molecule has 0 N–H and O–H groups in total. The van der Waals surface area contributed by atoms with Crippen molar-refractivity contribution in [3.05, 3.63) is 60.8 Å². The molecule has 0 bridgehead atoms. The number of carbonyl (C=O) groups is 3. The van der Waals surface area contributed by atoms with E-state index in [2.05, 4.69) is 81.5 Å². The SMILES string of the molecule is CCCCCC=CCC=CCCCCCCCC(=O)OCC(COC(=O)CCCCCCCC=CCCCCCCCC)OC(=O)CCCCCCC/C=C/C/C=C/CCCCC. The fourth-order valence-electron chi connectivity index (χ4n) is 7.38. The largest absolute Gasteiger partial charge is 0.462 e. The van der Waals surface area contributed by atoms with E-state index in [0.29, 0.717) is 19.3 Å². The maximum absolute atomic E-state index is 12.8. The summed E-state index contributed by atoms with van der Waals surface area (Å²) in [5.41, 5.74) is 0. The Morgan fingerprint density at radius 1 is 0.317 bits per heavy atom. The molecule has 0 amide bonds. The van der Waals surface area contributed by atoms with Crippen molar-refractivity contribution in [2.45, 2.75) is 271 Å². The molecule has 0 spiro atoms. The van der Waals surface area contributed by atoms with Crippen LogP contribution in [-0.4, -0.2) is 37.2 Å². The van der Waals surface area contributed by atoms with Crippen LogP contribution in [0.3, 0.4) is 0 Å². The van der Waals surface area contributed by atoms with Gasteiger partial charge in [-0.05, 0) is 109 Å². The van der Waals surface area contributed by atoms with Gasteiger partial charge in [0.1, 0.15) is 13.2 Å². The third-order valence-corrected chi connectivity index (χ3v) is 11.5. The maximum Gasteiger partial charge on any atom is 0.306 e. The Morgan fingerprint density at radius 2 is 0.571 bits per heavy atom. The third-order valence-electron chi connectivity index (χ3n) is 11.5. The van der Waals surface area contributed by atoms with Crippen LogP contribution >= 0.6 is 0 Å². The minimum Gasteiger partial charge on any atom is -0.462 e. The number of allylic oxidation sites excluding steroid dienone is 10. The van der Waals surface area contributed by atoms with E-state index in [1.54, 1.807) is 0 Å². The molecule has 0 saturated carbocycles. The molecule has 0 aliphatic rings. The van der Waals surface area contributed by atoms with Gasteiger partial charge in [0.15, 0.2) is 6.10 Å². The van der Waals surface area contributed by atoms with Crippen LogP contribution in [0.25, 0.3) is 0 Å². The second kappa shape index (κ2) is 51.7. The molecule has 0 rings (SSSR count). The summed E-state index contributed by atoms with van der Waals surface area (Å²) in [6, 6.07) is 0. The van der Waals surface area contributed by atoms with Crippen molar-refractivity contribution in [3.63, 3.8) is 0 Å². The van der Waals surface area contributed by atoms with Crippen LogP contribution in [0.2, 0.25) is 0 Å². The Morgan fingerprint density at radius 3 is 0.921 bits per heavy atom. The molecular weight excluding hydrogens is 781 g/mol. The van der Waals surface area contributed by atoms with Crippen LogP contribution in [0.4, 0.5) is 0 Å². The standard InChI is InChI=1S/C57H100O6/c1-4-7-10-13-16-19-22-25-28-31-34-37-40-43-46-49-55(58)61-52-54(63-57(60)51-48-45-42-39-36-33-30-27-24-21-18-15-12-9-6-3)53-62-56(59)50-47-44-41-38-35-32-29-26-23-20-17-14-11-8-5-2/h16,18-19,21,25-30,54H,4-15,17,20,22-24,31-53H2,1-3H3/b19-16?,21-18+,28-25?,29-26?,30-27+. The first-order valence-corrected chi connectivity index (χ1v) is 26.8. The molecule has 0 fully saturated rings. The molecule has 6 nitrogen and oxygen atoms in total. The second-order valence-electron chi connectivity index (χ2n) is 17.8. The van der Waals surface area contributed by atoms with E-state index in [0.717, 1.165) is 109 Å². The van der Waals surface area contributed by atoms with Gasteiger partial charge in [0, 0.05) is 19.3 Å². The number of hydrogen-bond donors (Lipinski definition) is 0. The van der Waals surface area contributed by atoms with Crippen molar-refractivity contribution in [1.29, 1.82) is 0 Å². The van der Waals surface area contributed by atoms with E-state index in [4.69, 9.17) is 14.2 Å². The van der Waals surface area contributed by atoms with Crippen LogP contribution < -0.4 is 0 Å². The summed E-state index contributed by atoms with van der Waals surface area (Å²) in [5, 5.41) is 0. The van der Waals surface area contributed by atoms with Crippen LogP contribution in [0.5, 0.6) is 0 Å². The molecule has 0 aromatic carbocycles. The molecule has 1 atom stereocenters. The van der Waals surface area contributed by atoms with E-state index in [9.17, 15) is 14.4 Å². The predicted molar refractivity (Wildman–Crippen MR) is 270 cm³/mol. The highest BCUT2D eigenvalue weighted by Crippen LogP contribution is 2.14. The molecule has 6 heteroatoms. The quantitative estimate of drug-likeness (QED) is 0.0262. The minimum atomic E-state index is -0.790. The van der Waals surface area contributed by atoms with Crippen LogP contribution in [-0.2, 0) is 28.6 Å². The molecule has 0 saturated heterocycles. The average molecular weight is 881 g/mol. The van der Waals surface area contributed by atoms with E-state index in [1.807, 2.05) is 0 Å². The van der Waals surface area contributed by atoms with Gasteiger partial charge >= 0.3 is 17.9 Å². The topological polar surface area (TPSA) is 78.9 Å². The lowest BCUT2D eigenvalue weighted by atomic mass is 10.1. The van der Waals surface area contributed by atoms with Crippen molar-refractivity contribution in [1.82, 2.24) is 0 Å². The van der Waals surface area contributed by atoms with Crippen molar-refractivity contribution in [2.24, 2.45) is 0 Å². The van der Waals surface area contributed by atoms with Crippen molar-refractivity contribution in [3.8, 4) is 0 Å². The summed E-state index contributed by atoms with van der Waals surface area (Å²) >= 11 is 0. The molecule has 0 radical (unpaired) electrons. The van der Waals surface area contributed by atoms with Gasteiger partial charge in [0.05, 0.1) is 0 Å². The van der Waals surface area contributed by atoms with Gasteiger partial charge in [-0.3, -0.25) is 14.4 Å². The van der Waals surface area contributed by atoms with Crippen LogP contribution in [0.15, 0.2) is 60.8 Å². The lowest BCUT2D eigenvalue weighted by molar-refractivity contribution is -0.167. The third kappa shape index (κ3) is 50.0. The van der Waals surface area contributed by atoms with Gasteiger partial charge in [-0.1, -0.05) is 197 Å². The number of carbonyl (C=O) groups excluding carboxylic acids is 3. The first-order chi connectivity index (χ1) is 31.0. The molecular formula is C57H100O6. The minimum absolute atomic E-state index is 0.0885. The highest BCUT2D eigenvalue weighted by molar-refractivity contribution is 5.71. The number of ether oxygens (including phenoxy) is 3. The molecule has 364 valence electrons. The monoisotopic (exact) mass is 881 g/mol. The first-order valence-electron chi connectivity index (χ1n) is 26.8. The van der Waals surface area contributed by atoms with E-state index in [-0.39, 0.29) is 31.1 Å². The van der Waals surface area contributed by atoms with Gasteiger partial charge in [0.2, 0.25) is 0 Å². The summed E-state index contributed by atoms with van der Waals surface area (Å²) < 4.78 is 16.8. The maximum atomic E-state index is 12.8. The van der Waals surface area contributed by atoms with E-state index < -0.39 is 6.10 Å². The zero-order chi connectivity index (χ0) is 45.8.